The smallest absolute Gasteiger partial charge is 0.208 e. The van der Waals surface area contributed by atoms with Crippen LogP contribution in [0, 0.1) is 0 Å². The van der Waals surface area contributed by atoms with Gasteiger partial charge >= 0.3 is 0 Å². The van der Waals surface area contributed by atoms with Crippen LogP contribution in [0.4, 0.5) is 0 Å². The first-order valence-electron chi connectivity index (χ1n) is 5.74. The molecule has 20 heavy (non-hydrogen) atoms. The third-order valence-electron chi connectivity index (χ3n) is 2.75. The van der Waals surface area contributed by atoms with Crippen LogP contribution in [0.3, 0.4) is 0 Å². The van der Waals surface area contributed by atoms with Gasteiger partial charge in [-0.1, -0.05) is 31.4 Å². The SMILES string of the molecule is C=C/C=C\C1=C(C)S(=O)(=O)C(C=C)=C(/C=C\C)S1(=O)=O. The van der Waals surface area contributed by atoms with Gasteiger partial charge in [-0.05, 0) is 32.1 Å². The maximum atomic E-state index is 12.5. The Morgan fingerprint density at radius 1 is 0.900 bits per heavy atom. The highest BCUT2D eigenvalue weighted by atomic mass is 32.2. The van der Waals surface area contributed by atoms with Crippen LogP contribution in [0.15, 0.2) is 69.2 Å². The lowest BCUT2D eigenvalue weighted by Gasteiger charge is -2.19. The van der Waals surface area contributed by atoms with Crippen LogP contribution in [0.25, 0.3) is 0 Å². The zero-order valence-electron chi connectivity index (χ0n) is 11.3. The summed E-state index contributed by atoms with van der Waals surface area (Å²) in [6.45, 7) is 9.73. The van der Waals surface area contributed by atoms with Crippen LogP contribution < -0.4 is 0 Å². The van der Waals surface area contributed by atoms with Crippen LogP contribution in [0.1, 0.15) is 13.8 Å². The molecule has 0 aromatic rings. The molecule has 0 spiro atoms. The Morgan fingerprint density at radius 3 is 1.95 bits per heavy atom. The molecule has 0 saturated carbocycles. The zero-order valence-corrected chi connectivity index (χ0v) is 13.0. The number of hydrogen-bond donors (Lipinski definition) is 0. The van der Waals surface area contributed by atoms with Crippen LogP contribution in [0.2, 0.25) is 0 Å². The first kappa shape index (κ1) is 16.4. The van der Waals surface area contributed by atoms with E-state index in [0.29, 0.717) is 0 Å². The molecule has 0 unspecified atom stereocenters. The lowest BCUT2D eigenvalue weighted by Crippen LogP contribution is -2.21. The summed E-state index contributed by atoms with van der Waals surface area (Å²) in [4.78, 5) is -0.997. The average Bonchev–Trinajstić information content (AvgIpc) is 2.37. The van der Waals surface area contributed by atoms with Crippen LogP contribution in [-0.4, -0.2) is 16.8 Å². The molecule has 0 atom stereocenters. The van der Waals surface area contributed by atoms with E-state index >= 15 is 0 Å². The monoisotopic (exact) mass is 312 g/mol. The molecule has 0 saturated heterocycles. The van der Waals surface area contributed by atoms with Crippen molar-refractivity contribution >= 4 is 19.7 Å². The molecule has 0 amide bonds. The van der Waals surface area contributed by atoms with Gasteiger partial charge in [0.1, 0.15) is 0 Å². The fourth-order valence-corrected chi connectivity index (χ4v) is 5.83. The van der Waals surface area contributed by atoms with E-state index in [0.717, 1.165) is 6.08 Å². The van der Waals surface area contributed by atoms with E-state index in [-0.39, 0.29) is 19.6 Å². The molecule has 0 radical (unpaired) electrons. The molecule has 0 fully saturated rings. The van der Waals surface area contributed by atoms with Gasteiger partial charge in [0.15, 0.2) is 0 Å². The fraction of sp³-hybridized carbons (Fsp3) is 0.143. The van der Waals surface area contributed by atoms with Crippen molar-refractivity contribution in [3.05, 3.63) is 69.2 Å². The topological polar surface area (TPSA) is 68.3 Å². The van der Waals surface area contributed by atoms with Crippen molar-refractivity contribution in [3.63, 3.8) is 0 Å². The lowest BCUT2D eigenvalue weighted by atomic mass is 10.4. The Bertz CT molecular complexity index is 771. The largest absolute Gasteiger partial charge is 0.219 e. The normalized spacial score (nSPS) is 21.7. The van der Waals surface area contributed by atoms with Gasteiger partial charge in [-0.2, -0.15) is 0 Å². The average molecular weight is 312 g/mol. The molecular formula is C14H16O4S2. The van der Waals surface area contributed by atoms with Crippen LogP contribution >= 0.6 is 0 Å². The predicted octanol–water partition coefficient (Wildman–Crippen LogP) is 2.78. The first-order valence-corrected chi connectivity index (χ1v) is 8.71. The second-order valence-corrected chi connectivity index (χ2v) is 7.90. The summed E-state index contributed by atoms with van der Waals surface area (Å²) < 4.78 is 49.7. The van der Waals surface area contributed by atoms with E-state index in [1.54, 1.807) is 6.92 Å². The van der Waals surface area contributed by atoms with Crippen molar-refractivity contribution < 1.29 is 16.8 Å². The maximum Gasteiger partial charge on any atom is 0.208 e. The molecule has 4 nitrogen and oxygen atoms in total. The van der Waals surface area contributed by atoms with Crippen LogP contribution in [0.5, 0.6) is 0 Å². The van der Waals surface area contributed by atoms with Gasteiger partial charge in [-0.25, -0.2) is 16.8 Å². The Morgan fingerprint density at radius 2 is 1.50 bits per heavy atom. The molecule has 6 heteroatoms. The summed E-state index contributed by atoms with van der Waals surface area (Å²) >= 11 is 0. The molecule has 0 aromatic carbocycles. The van der Waals surface area contributed by atoms with Crippen molar-refractivity contribution in [2.24, 2.45) is 0 Å². The highest BCUT2D eigenvalue weighted by Gasteiger charge is 2.38. The van der Waals surface area contributed by atoms with Gasteiger partial charge < -0.3 is 0 Å². The Hall–Kier alpha value is -1.66. The van der Waals surface area contributed by atoms with E-state index in [1.807, 2.05) is 0 Å². The predicted molar refractivity (Wildman–Crippen MR) is 81.9 cm³/mol. The highest BCUT2D eigenvalue weighted by molar-refractivity contribution is 8.06. The fourth-order valence-electron chi connectivity index (χ4n) is 1.77. The van der Waals surface area contributed by atoms with Crippen molar-refractivity contribution in [2.45, 2.75) is 13.8 Å². The van der Waals surface area contributed by atoms with Crippen LogP contribution in [-0.2, 0) is 19.7 Å². The summed E-state index contributed by atoms with van der Waals surface area (Å²) in [5, 5.41) is 0. The van der Waals surface area contributed by atoms with Crippen molar-refractivity contribution in [1.82, 2.24) is 0 Å². The van der Waals surface area contributed by atoms with E-state index < -0.39 is 19.7 Å². The Balaban J connectivity index is 3.91. The molecule has 1 aliphatic heterocycles. The number of rotatable bonds is 4. The zero-order chi connectivity index (χ0) is 15.6. The van der Waals surface area contributed by atoms with Gasteiger partial charge in [0.05, 0.1) is 19.6 Å². The van der Waals surface area contributed by atoms with Crippen molar-refractivity contribution in [2.75, 3.05) is 0 Å². The van der Waals surface area contributed by atoms with Gasteiger partial charge in [0.2, 0.25) is 19.7 Å². The van der Waals surface area contributed by atoms with E-state index in [4.69, 9.17) is 0 Å². The first-order chi connectivity index (χ1) is 9.24. The second-order valence-electron chi connectivity index (χ2n) is 3.95. The molecule has 1 aliphatic rings. The summed E-state index contributed by atoms with van der Waals surface area (Å²) in [6.07, 6.45) is 7.79. The number of hydrogen-bond acceptors (Lipinski definition) is 4. The number of sulfone groups is 2. The quantitative estimate of drug-likeness (QED) is 0.749. The minimum atomic E-state index is -3.89. The van der Waals surface area contributed by atoms with E-state index in [1.165, 1.54) is 37.3 Å². The standard InChI is InChI=1S/C14H16O4S2/c1-5-8-10-13-11(4)19(15,16)12(7-3)14(9-6-2)20(13,17)18/h5-10H,1,3H2,2,4H3/b9-6-,10-8-. The minimum absolute atomic E-state index is 0.209. The Labute approximate surface area is 120 Å². The van der Waals surface area contributed by atoms with Gasteiger partial charge in [-0.3, -0.25) is 0 Å². The molecule has 1 heterocycles. The van der Waals surface area contributed by atoms with E-state index in [9.17, 15) is 16.8 Å². The highest BCUT2D eigenvalue weighted by Crippen LogP contribution is 2.37. The molecule has 0 bridgehead atoms. The Kier molecular flexibility index (Phi) is 4.73. The van der Waals surface area contributed by atoms with Gasteiger partial charge in [-0.15, -0.1) is 0 Å². The molecule has 108 valence electrons. The summed E-state index contributed by atoms with van der Waals surface area (Å²) in [5.74, 6) is 0. The third-order valence-corrected chi connectivity index (χ3v) is 6.96. The molecular weight excluding hydrogens is 296 g/mol. The van der Waals surface area contributed by atoms with E-state index in [2.05, 4.69) is 13.2 Å². The maximum absolute atomic E-state index is 12.5. The molecule has 1 rings (SSSR count). The van der Waals surface area contributed by atoms with Gasteiger partial charge in [0.25, 0.3) is 0 Å². The molecule has 0 aliphatic carbocycles. The third kappa shape index (κ3) is 2.48. The van der Waals surface area contributed by atoms with Crippen molar-refractivity contribution in [3.8, 4) is 0 Å². The molecule has 0 aromatic heterocycles. The summed E-state index contributed by atoms with van der Waals surface area (Å²) in [6, 6.07) is 0. The molecule has 0 N–H and O–H groups in total. The van der Waals surface area contributed by atoms with Crippen molar-refractivity contribution in [1.29, 1.82) is 0 Å². The lowest BCUT2D eigenvalue weighted by molar-refractivity contribution is 0.600. The van der Waals surface area contributed by atoms with Gasteiger partial charge in [0, 0.05) is 0 Å². The summed E-state index contributed by atoms with van der Waals surface area (Å²) in [7, 11) is -7.74. The summed E-state index contributed by atoms with van der Waals surface area (Å²) in [5.41, 5.74) is 0. The number of allylic oxidation sites excluding steroid dienone is 7. The second kappa shape index (κ2) is 5.76. The minimum Gasteiger partial charge on any atom is -0.219 e.